The van der Waals surface area contributed by atoms with Gasteiger partial charge in [-0.05, 0) is 44.0 Å². The van der Waals surface area contributed by atoms with Gasteiger partial charge in [0.15, 0.2) is 0 Å². The van der Waals surface area contributed by atoms with Crippen molar-refractivity contribution in [1.29, 1.82) is 0 Å². The lowest BCUT2D eigenvalue weighted by Crippen LogP contribution is -2.55. The van der Waals surface area contributed by atoms with E-state index < -0.39 is 0 Å². The van der Waals surface area contributed by atoms with Crippen molar-refractivity contribution in [3.63, 3.8) is 0 Å². The number of anilines is 2. The topological polar surface area (TPSA) is 61.4 Å². The maximum atomic E-state index is 12.5. The summed E-state index contributed by atoms with van der Waals surface area (Å²) in [6.45, 7) is 8.31. The van der Waals surface area contributed by atoms with Crippen molar-refractivity contribution in [2.24, 2.45) is 0 Å². The van der Waals surface area contributed by atoms with E-state index in [1.165, 1.54) is 0 Å². The monoisotopic (exact) mass is 325 g/mol. The number of nitrogens with one attached hydrogen (secondary N) is 1. The van der Waals surface area contributed by atoms with Gasteiger partial charge in [0.1, 0.15) is 11.6 Å². The Morgan fingerprint density at radius 2 is 2.04 bits per heavy atom. The van der Waals surface area contributed by atoms with E-state index >= 15 is 0 Å². The van der Waals surface area contributed by atoms with Gasteiger partial charge in [0, 0.05) is 38.1 Å². The lowest BCUT2D eigenvalue weighted by molar-refractivity contribution is 0.184. The molecule has 0 spiro atoms. The first kappa shape index (κ1) is 16.2. The molecule has 1 unspecified atom stereocenters. The molecule has 1 fully saturated rings. The van der Waals surface area contributed by atoms with E-state index in [1.807, 2.05) is 36.2 Å². The fraction of sp³-hybridized carbons (Fsp3) is 0.389. The van der Waals surface area contributed by atoms with Crippen LogP contribution in [0.3, 0.4) is 0 Å². The van der Waals surface area contributed by atoms with Crippen LogP contribution in [-0.4, -0.2) is 46.6 Å². The highest BCUT2D eigenvalue weighted by molar-refractivity contribution is 5.88. The van der Waals surface area contributed by atoms with Gasteiger partial charge in [-0.3, -0.25) is 5.32 Å². The van der Waals surface area contributed by atoms with Crippen LogP contribution < -0.4 is 10.2 Å². The van der Waals surface area contributed by atoms with Crippen LogP contribution in [0, 0.1) is 13.8 Å². The molecule has 1 aliphatic rings. The van der Waals surface area contributed by atoms with Gasteiger partial charge in [-0.2, -0.15) is 0 Å². The number of hydrogen-bond acceptors (Lipinski definition) is 4. The van der Waals surface area contributed by atoms with Gasteiger partial charge in [0.2, 0.25) is 0 Å². The van der Waals surface area contributed by atoms with E-state index in [0.29, 0.717) is 12.4 Å². The first-order chi connectivity index (χ1) is 11.5. The molecule has 3 heterocycles. The number of hydrogen-bond donors (Lipinski definition) is 1. The summed E-state index contributed by atoms with van der Waals surface area (Å²) in [7, 11) is 0. The molecule has 0 saturated carbocycles. The average Bonchev–Trinajstić information content (AvgIpc) is 2.57. The molecule has 2 aromatic heterocycles. The van der Waals surface area contributed by atoms with Gasteiger partial charge in [0.25, 0.3) is 0 Å². The van der Waals surface area contributed by atoms with E-state index in [0.717, 1.165) is 30.0 Å². The number of pyridine rings is 2. The summed E-state index contributed by atoms with van der Waals surface area (Å²) in [5, 5.41) is 2.88. The van der Waals surface area contributed by atoms with Crippen LogP contribution >= 0.6 is 0 Å². The number of amides is 2. The Kier molecular flexibility index (Phi) is 4.64. The number of urea groups is 1. The highest BCUT2D eigenvalue weighted by Gasteiger charge is 2.28. The van der Waals surface area contributed by atoms with Gasteiger partial charge in [-0.25, -0.2) is 14.8 Å². The summed E-state index contributed by atoms with van der Waals surface area (Å²) >= 11 is 0. The molecule has 2 aromatic rings. The number of aryl methyl sites for hydroxylation is 2. The van der Waals surface area contributed by atoms with Crippen LogP contribution in [0.2, 0.25) is 0 Å². The van der Waals surface area contributed by atoms with Crippen molar-refractivity contribution in [2.45, 2.75) is 26.8 Å². The Bertz CT molecular complexity index is 716. The zero-order valence-corrected chi connectivity index (χ0v) is 14.4. The Hall–Kier alpha value is -2.63. The van der Waals surface area contributed by atoms with Crippen LogP contribution in [0.15, 0.2) is 36.7 Å². The van der Waals surface area contributed by atoms with Gasteiger partial charge < -0.3 is 9.80 Å². The minimum Gasteiger partial charge on any atom is -0.353 e. The third-order valence-corrected chi connectivity index (χ3v) is 4.32. The SMILES string of the molecule is Cc1ccc(NC(=O)N2CCN(c3ncccc3C)CC2C)nc1. The van der Waals surface area contributed by atoms with Crippen molar-refractivity contribution >= 4 is 17.7 Å². The quantitative estimate of drug-likeness (QED) is 0.922. The molecule has 1 saturated heterocycles. The molecule has 6 heteroatoms. The minimum absolute atomic E-state index is 0.101. The molecule has 3 rings (SSSR count). The highest BCUT2D eigenvalue weighted by Crippen LogP contribution is 2.20. The van der Waals surface area contributed by atoms with E-state index in [1.54, 1.807) is 6.20 Å². The zero-order valence-electron chi connectivity index (χ0n) is 14.4. The van der Waals surface area contributed by atoms with Crippen molar-refractivity contribution in [3.05, 3.63) is 47.8 Å². The van der Waals surface area contributed by atoms with Crippen molar-refractivity contribution < 1.29 is 4.79 Å². The Balaban J connectivity index is 1.64. The lowest BCUT2D eigenvalue weighted by atomic mass is 10.1. The number of aromatic nitrogens is 2. The molecule has 1 aliphatic heterocycles. The smallest absolute Gasteiger partial charge is 0.323 e. The summed E-state index contributed by atoms with van der Waals surface area (Å²) < 4.78 is 0. The van der Waals surface area contributed by atoms with Crippen molar-refractivity contribution in [3.8, 4) is 0 Å². The standard InChI is InChI=1S/C18H23N5O/c1-13-6-7-16(20-11-13)21-18(24)23-10-9-22(12-15(23)3)17-14(2)5-4-8-19-17/h4-8,11,15H,9-10,12H2,1-3H3,(H,20,21,24). The molecular formula is C18H23N5O. The van der Waals surface area contributed by atoms with E-state index in [-0.39, 0.29) is 12.1 Å². The summed E-state index contributed by atoms with van der Waals surface area (Å²) in [5.74, 6) is 1.59. The summed E-state index contributed by atoms with van der Waals surface area (Å²) in [5.41, 5.74) is 2.23. The van der Waals surface area contributed by atoms with Gasteiger partial charge in [-0.15, -0.1) is 0 Å². The fourth-order valence-corrected chi connectivity index (χ4v) is 2.98. The molecule has 1 N–H and O–H groups in total. The Labute approximate surface area is 142 Å². The number of rotatable bonds is 2. The number of piperazine rings is 1. The minimum atomic E-state index is -0.101. The largest absolute Gasteiger partial charge is 0.353 e. The molecule has 0 aromatic carbocycles. The second-order valence-electron chi connectivity index (χ2n) is 6.28. The third kappa shape index (κ3) is 3.48. The molecular weight excluding hydrogens is 302 g/mol. The molecule has 1 atom stereocenters. The predicted molar refractivity (Wildman–Crippen MR) is 95.3 cm³/mol. The molecule has 126 valence electrons. The second kappa shape index (κ2) is 6.86. The summed E-state index contributed by atoms with van der Waals surface area (Å²) in [4.78, 5) is 25.3. The molecule has 2 amide bonds. The van der Waals surface area contributed by atoms with Crippen LogP contribution in [0.1, 0.15) is 18.1 Å². The van der Waals surface area contributed by atoms with Gasteiger partial charge >= 0.3 is 6.03 Å². The second-order valence-corrected chi connectivity index (χ2v) is 6.28. The zero-order chi connectivity index (χ0) is 17.1. The van der Waals surface area contributed by atoms with Gasteiger partial charge in [0.05, 0.1) is 0 Å². The fourth-order valence-electron chi connectivity index (χ4n) is 2.98. The molecule has 6 nitrogen and oxygen atoms in total. The molecule has 0 radical (unpaired) electrons. The van der Waals surface area contributed by atoms with Crippen molar-refractivity contribution in [1.82, 2.24) is 14.9 Å². The van der Waals surface area contributed by atoms with Crippen LogP contribution in [0.5, 0.6) is 0 Å². The number of carbonyl (C=O) groups is 1. The maximum Gasteiger partial charge on any atom is 0.323 e. The Morgan fingerprint density at radius 3 is 2.71 bits per heavy atom. The number of nitrogens with zero attached hydrogens (tertiary/aromatic N) is 4. The molecule has 0 bridgehead atoms. The number of carbonyl (C=O) groups excluding carboxylic acids is 1. The summed E-state index contributed by atoms with van der Waals surface area (Å²) in [6.07, 6.45) is 3.57. The van der Waals surface area contributed by atoms with Crippen LogP contribution in [0.4, 0.5) is 16.4 Å². The van der Waals surface area contributed by atoms with Gasteiger partial charge in [-0.1, -0.05) is 12.1 Å². The summed E-state index contributed by atoms with van der Waals surface area (Å²) in [6, 6.07) is 7.77. The third-order valence-electron chi connectivity index (χ3n) is 4.32. The normalized spacial score (nSPS) is 17.7. The van der Waals surface area contributed by atoms with E-state index in [4.69, 9.17) is 0 Å². The molecule has 0 aliphatic carbocycles. The maximum absolute atomic E-state index is 12.5. The Morgan fingerprint density at radius 1 is 1.21 bits per heavy atom. The van der Waals surface area contributed by atoms with E-state index in [2.05, 4.69) is 40.1 Å². The van der Waals surface area contributed by atoms with E-state index in [9.17, 15) is 4.79 Å². The first-order valence-electron chi connectivity index (χ1n) is 8.21. The predicted octanol–water partition coefficient (Wildman–Crippen LogP) is 2.84. The first-order valence-corrected chi connectivity index (χ1v) is 8.21. The molecule has 24 heavy (non-hydrogen) atoms. The van der Waals surface area contributed by atoms with Crippen LogP contribution in [-0.2, 0) is 0 Å². The average molecular weight is 325 g/mol. The lowest BCUT2D eigenvalue weighted by Gasteiger charge is -2.40. The van der Waals surface area contributed by atoms with Crippen LogP contribution in [0.25, 0.3) is 0 Å². The highest BCUT2D eigenvalue weighted by atomic mass is 16.2. The van der Waals surface area contributed by atoms with Crippen molar-refractivity contribution in [2.75, 3.05) is 29.9 Å².